The molecule has 3 N–H and O–H groups in total. The first-order valence-corrected chi connectivity index (χ1v) is 12.8. The molecule has 0 amide bonds. The van der Waals surface area contributed by atoms with E-state index in [-0.39, 0.29) is 22.6 Å². The molecule has 32 heavy (non-hydrogen) atoms. The first kappa shape index (κ1) is 22.6. The van der Waals surface area contributed by atoms with Gasteiger partial charge in [-0.25, -0.2) is 27.8 Å². The van der Waals surface area contributed by atoms with Crippen LogP contribution in [-0.4, -0.2) is 28.6 Å². The largest absolute Gasteiger partial charge is 0.368 e. The maximum absolute atomic E-state index is 15.6. The number of nitrogen functional groups attached to an aromatic ring is 1. The highest BCUT2D eigenvalue weighted by atomic mass is 32.2. The molecule has 10 heteroatoms. The Morgan fingerprint density at radius 2 is 1.88 bits per heavy atom. The van der Waals surface area contributed by atoms with Gasteiger partial charge >= 0.3 is 0 Å². The van der Waals surface area contributed by atoms with Gasteiger partial charge in [-0.05, 0) is 31.0 Å². The average molecular weight is 476 g/mol. The molecule has 1 fully saturated rings. The molecule has 0 radical (unpaired) electrons. The van der Waals surface area contributed by atoms with Crippen molar-refractivity contribution < 1.29 is 12.8 Å². The van der Waals surface area contributed by atoms with Gasteiger partial charge in [0.25, 0.3) is 0 Å². The zero-order valence-corrected chi connectivity index (χ0v) is 19.9. The summed E-state index contributed by atoms with van der Waals surface area (Å²) in [6.45, 7) is 6.07. The molecule has 1 saturated carbocycles. The van der Waals surface area contributed by atoms with Crippen LogP contribution in [0.4, 0.5) is 16.0 Å². The van der Waals surface area contributed by atoms with Gasteiger partial charge in [-0.1, -0.05) is 39.7 Å². The number of halogens is 1. The average Bonchev–Trinajstić information content (AvgIpc) is 3.40. The van der Waals surface area contributed by atoms with Crippen LogP contribution in [0.15, 0.2) is 30.5 Å². The number of hydrogen-bond donors (Lipinski definition) is 2. The normalized spacial score (nSPS) is 15.2. The first-order chi connectivity index (χ1) is 15.1. The summed E-state index contributed by atoms with van der Waals surface area (Å²) < 4.78 is 43.6. The molecule has 3 aromatic rings. The van der Waals surface area contributed by atoms with E-state index in [0.717, 1.165) is 17.8 Å². The number of nitrogens with one attached hydrogen (secondary N) is 1. The lowest BCUT2D eigenvalue weighted by molar-refractivity contribution is 0.583. The number of nitrogens with two attached hydrogens (primary N) is 1. The fourth-order valence-electron chi connectivity index (χ4n) is 3.73. The summed E-state index contributed by atoms with van der Waals surface area (Å²) in [6, 6.07) is 6.35. The Morgan fingerprint density at radius 1 is 1.16 bits per heavy atom. The number of benzene rings is 1. The molecule has 0 bridgehead atoms. The number of nitrogens with zero attached hydrogens (tertiary/aromatic N) is 3. The molecule has 1 aromatic carbocycles. The summed E-state index contributed by atoms with van der Waals surface area (Å²) in [4.78, 5) is 13.6. The molecule has 2 heterocycles. The third kappa shape index (κ3) is 4.47. The summed E-state index contributed by atoms with van der Waals surface area (Å²) >= 11 is 1.41. The van der Waals surface area contributed by atoms with Gasteiger partial charge in [-0.2, -0.15) is 0 Å². The van der Waals surface area contributed by atoms with Gasteiger partial charge in [-0.3, -0.25) is 4.72 Å². The van der Waals surface area contributed by atoms with E-state index in [1.54, 1.807) is 24.4 Å². The smallest absolute Gasteiger partial charge is 0.235 e. The first-order valence-electron chi connectivity index (χ1n) is 10.5. The molecule has 0 unspecified atom stereocenters. The highest BCUT2D eigenvalue weighted by Gasteiger charge is 2.30. The zero-order chi connectivity index (χ0) is 23.1. The van der Waals surface area contributed by atoms with Crippen molar-refractivity contribution in [1.29, 1.82) is 0 Å². The fraction of sp³-hybridized carbons (Fsp3) is 0.409. The van der Waals surface area contributed by atoms with Crippen molar-refractivity contribution in [2.45, 2.75) is 57.1 Å². The van der Waals surface area contributed by atoms with Gasteiger partial charge in [0.05, 0.1) is 32.2 Å². The van der Waals surface area contributed by atoms with E-state index < -0.39 is 21.1 Å². The Morgan fingerprint density at radius 3 is 2.53 bits per heavy atom. The molecule has 0 aliphatic heterocycles. The third-order valence-corrected chi connectivity index (χ3v) is 8.78. The lowest BCUT2D eigenvalue weighted by atomic mass is 9.98. The van der Waals surface area contributed by atoms with Crippen molar-refractivity contribution in [2.75, 3.05) is 10.5 Å². The standard InChI is InChI=1S/C22H26FN5O2S2/c1-22(2,3)20-27-18(19(31-20)16-11-12-25-21(24)26-16)14-9-6-10-15(17(14)23)28-32(29,30)13-7-4-5-8-13/h6,9-13,28H,4-5,7-8H2,1-3H3,(H2,24,25,26). The molecule has 0 atom stereocenters. The van der Waals surface area contributed by atoms with E-state index in [4.69, 9.17) is 10.7 Å². The van der Waals surface area contributed by atoms with Crippen molar-refractivity contribution in [3.8, 4) is 21.8 Å². The summed E-state index contributed by atoms with van der Waals surface area (Å²) in [5.74, 6) is -0.555. The van der Waals surface area contributed by atoms with Crippen LogP contribution >= 0.6 is 11.3 Å². The SMILES string of the molecule is CC(C)(C)c1nc(-c2cccc(NS(=O)(=O)C3CCCC3)c2F)c(-c2ccnc(N)n2)s1. The van der Waals surface area contributed by atoms with Gasteiger partial charge in [-0.15, -0.1) is 11.3 Å². The second-order valence-corrected chi connectivity index (χ2v) is 11.9. The quantitative estimate of drug-likeness (QED) is 0.539. The molecule has 4 rings (SSSR count). The van der Waals surface area contributed by atoms with Crippen LogP contribution in [0.3, 0.4) is 0 Å². The maximum Gasteiger partial charge on any atom is 0.235 e. The van der Waals surface area contributed by atoms with Crippen LogP contribution < -0.4 is 10.5 Å². The Bertz CT molecular complexity index is 1250. The minimum Gasteiger partial charge on any atom is -0.368 e. The summed E-state index contributed by atoms with van der Waals surface area (Å²) in [6.07, 6.45) is 4.47. The van der Waals surface area contributed by atoms with Gasteiger partial charge in [0.15, 0.2) is 5.82 Å². The van der Waals surface area contributed by atoms with Crippen LogP contribution in [0, 0.1) is 5.82 Å². The predicted molar refractivity (Wildman–Crippen MR) is 126 cm³/mol. The van der Waals surface area contributed by atoms with Crippen molar-refractivity contribution in [3.63, 3.8) is 0 Å². The minimum absolute atomic E-state index is 0.0761. The highest BCUT2D eigenvalue weighted by molar-refractivity contribution is 7.93. The van der Waals surface area contributed by atoms with Crippen molar-refractivity contribution in [2.24, 2.45) is 0 Å². The molecular formula is C22H26FN5O2S2. The second-order valence-electron chi connectivity index (χ2n) is 8.97. The number of aromatic nitrogens is 3. The second kappa shape index (κ2) is 8.40. The molecule has 2 aromatic heterocycles. The van der Waals surface area contributed by atoms with Gasteiger partial charge in [0, 0.05) is 17.2 Å². The number of anilines is 2. The van der Waals surface area contributed by atoms with Crippen molar-refractivity contribution >= 4 is 33.0 Å². The van der Waals surface area contributed by atoms with E-state index in [0.29, 0.717) is 29.1 Å². The topological polar surface area (TPSA) is 111 Å². The van der Waals surface area contributed by atoms with Crippen LogP contribution in [0.2, 0.25) is 0 Å². The lowest BCUT2D eigenvalue weighted by Gasteiger charge is -2.15. The van der Waals surface area contributed by atoms with Crippen molar-refractivity contribution in [3.05, 3.63) is 41.3 Å². The van der Waals surface area contributed by atoms with E-state index in [1.165, 1.54) is 17.4 Å². The molecule has 170 valence electrons. The van der Waals surface area contributed by atoms with Crippen LogP contribution in [-0.2, 0) is 15.4 Å². The summed E-state index contributed by atoms with van der Waals surface area (Å²) in [5.41, 5.74) is 6.57. The Labute approximate surface area is 191 Å². The van der Waals surface area contributed by atoms with Gasteiger partial charge in [0.2, 0.25) is 16.0 Å². The lowest BCUT2D eigenvalue weighted by Crippen LogP contribution is -2.25. The Balaban J connectivity index is 1.81. The zero-order valence-electron chi connectivity index (χ0n) is 18.2. The van der Waals surface area contributed by atoms with Gasteiger partial charge in [0.1, 0.15) is 0 Å². The minimum atomic E-state index is -3.67. The van der Waals surface area contributed by atoms with E-state index in [9.17, 15) is 8.42 Å². The molecule has 1 aliphatic rings. The fourth-order valence-corrected chi connectivity index (χ4v) is 6.42. The predicted octanol–water partition coefficient (Wildman–Crippen LogP) is 4.97. The number of rotatable bonds is 5. The molecule has 1 aliphatic carbocycles. The maximum atomic E-state index is 15.6. The monoisotopic (exact) mass is 475 g/mol. The van der Waals surface area contributed by atoms with Gasteiger partial charge < -0.3 is 5.73 Å². The number of hydrogen-bond acceptors (Lipinski definition) is 7. The Hall–Kier alpha value is -2.59. The molecular weight excluding hydrogens is 449 g/mol. The van der Waals surface area contributed by atoms with Crippen molar-refractivity contribution in [1.82, 2.24) is 15.0 Å². The number of sulfonamides is 1. The summed E-state index contributed by atoms with van der Waals surface area (Å²) in [7, 11) is -3.67. The van der Waals surface area contributed by atoms with Crippen LogP contribution in [0.25, 0.3) is 21.8 Å². The molecule has 7 nitrogen and oxygen atoms in total. The third-order valence-electron chi connectivity index (χ3n) is 5.42. The van der Waals surface area contributed by atoms with E-state index >= 15 is 4.39 Å². The van der Waals surface area contributed by atoms with E-state index in [1.807, 2.05) is 20.8 Å². The van der Waals surface area contributed by atoms with Crippen LogP contribution in [0.1, 0.15) is 51.5 Å². The molecule has 0 spiro atoms. The summed E-state index contributed by atoms with van der Waals surface area (Å²) in [5, 5.41) is 0.313. The Kier molecular flexibility index (Phi) is 5.93. The highest BCUT2D eigenvalue weighted by Crippen LogP contribution is 2.42. The van der Waals surface area contributed by atoms with Crippen LogP contribution in [0.5, 0.6) is 0 Å². The molecule has 0 saturated heterocycles. The van der Waals surface area contributed by atoms with E-state index in [2.05, 4.69) is 14.7 Å². The number of thiazole rings is 1.